The Labute approximate surface area is 183 Å². The number of allylic oxidation sites excluding steroid dienone is 1. The molecule has 3 N–H and O–H groups in total. The van der Waals surface area contributed by atoms with Crippen LogP contribution in [0.3, 0.4) is 0 Å². The van der Waals surface area contributed by atoms with Crippen LogP contribution in [0.1, 0.15) is 23.2 Å². The first-order valence-corrected chi connectivity index (χ1v) is 10.1. The Morgan fingerprint density at radius 1 is 1.39 bits per heavy atom. The summed E-state index contributed by atoms with van der Waals surface area (Å²) in [6, 6.07) is 6.68. The Balaban J connectivity index is 1.53. The number of amides is 1. The van der Waals surface area contributed by atoms with Crippen LogP contribution >= 0.6 is 11.6 Å². The lowest BCUT2D eigenvalue weighted by Gasteiger charge is -2.35. The van der Waals surface area contributed by atoms with Crippen molar-refractivity contribution >= 4 is 29.7 Å². The predicted molar refractivity (Wildman–Crippen MR) is 114 cm³/mol. The van der Waals surface area contributed by atoms with Crippen molar-refractivity contribution in [3.05, 3.63) is 52.7 Å². The Bertz CT molecular complexity index is 1100. The van der Waals surface area contributed by atoms with Crippen LogP contribution < -0.4 is 10.6 Å². The number of hydrogen-bond acceptors (Lipinski definition) is 7. The Morgan fingerprint density at radius 3 is 2.81 bits per heavy atom. The summed E-state index contributed by atoms with van der Waals surface area (Å²) in [6.45, 7) is 0.615. The van der Waals surface area contributed by atoms with Crippen molar-refractivity contribution in [2.75, 3.05) is 18.4 Å². The van der Waals surface area contributed by atoms with Gasteiger partial charge < -0.3 is 20.9 Å². The molecule has 2 heterocycles. The molecule has 10 heteroatoms. The highest BCUT2D eigenvalue weighted by molar-refractivity contribution is 6.32. The molecule has 0 unspecified atom stereocenters. The zero-order valence-corrected chi connectivity index (χ0v) is 17.2. The highest BCUT2D eigenvalue weighted by atomic mass is 35.5. The summed E-state index contributed by atoms with van der Waals surface area (Å²) in [7, 11) is 0. The first-order valence-electron chi connectivity index (χ1n) is 9.73. The van der Waals surface area contributed by atoms with Gasteiger partial charge in [-0.1, -0.05) is 17.7 Å². The van der Waals surface area contributed by atoms with E-state index in [1.807, 2.05) is 0 Å². The Kier molecular flexibility index (Phi) is 5.82. The van der Waals surface area contributed by atoms with E-state index in [9.17, 15) is 9.18 Å². The highest BCUT2D eigenvalue weighted by Crippen LogP contribution is 2.29. The van der Waals surface area contributed by atoms with Crippen molar-refractivity contribution in [3.8, 4) is 17.3 Å². The molecule has 8 nitrogen and oxygen atoms in total. The normalized spacial score (nSPS) is 16.3. The van der Waals surface area contributed by atoms with Crippen LogP contribution in [0.15, 0.2) is 36.3 Å². The smallest absolute Gasteiger partial charge is 0.256 e. The molecule has 158 valence electrons. The molecular weight excluding hydrogens is 421 g/mol. The number of halogens is 2. The number of hydrogen-bond donors (Lipinski definition) is 3. The van der Waals surface area contributed by atoms with Crippen molar-refractivity contribution < 1.29 is 9.18 Å². The van der Waals surface area contributed by atoms with Gasteiger partial charge in [-0.2, -0.15) is 5.26 Å². The molecule has 1 aliphatic heterocycles. The van der Waals surface area contributed by atoms with E-state index in [-0.39, 0.29) is 22.5 Å². The van der Waals surface area contributed by atoms with Crippen LogP contribution in [0.2, 0.25) is 5.02 Å². The third-order valence-electron chi connectivity index (χ3n) is 5.03. The summed E-state index contributed by atoms with van der Waals surface area (Å²) < 4.78 is 14.7. The molecule has 1 aromatic heterocycles. The number of carbonyl (C=O) groups excluding carboxylic acids is 1. The molecule has 2 aliphatic rings. The SMILES string of the molecule is N#CC1CN(C(=O)c2ccc(-c3nc(N/C(C=N)=C/NC4CC4)ncc3Cl)cc2F)C1. The third kappa shape index (κ3) is 4.64. The fourth-order valence-corrected chi connectivity index (χ4v) is 3.26. The summed E-state index contributed by atoms with van der Waals surface area (Å²) in [5.41, 5.74) is 1.09. The van der Waals surface area contributed by atoms with E-state index in [0.717, 1.165) is 19.1 Å². The average molecular weight is 440 g/mol. The number of benzene rings is 1. The van der Waals surface area contributed by atoms with E-state index >= 15 is 0 Å². The van der Waals surface area contributed by atoms with E-state index in [1.54, 1.807) is 12.3 Å². The fourth-order valence-electron chi connectivity index (χ4n) is 3.06. The van der Waals surface area contributed by atoms with Gasteiger partial charge in [0, 0.05) is 37.1 Å². The minimum Gasteiger partial charge on any atom is -0.386 e. The number of carbonyl (C=O) groups is 1. The van der Waals surface area contributed by atoms with Crippen LogP contribution in [0.5, 0.6) is 0 Å². The summed E-state index contributed by atoms with van der Waals surface area (Å²) in [4.78, 5) is 22.3. The molecule has 2 fully saturated rings. The van der Waals surface area contributed by atoms with E-state index < -0.39 is 11.7 Å². The summed E-state index contributed by atoms with van der Waals surface area (Å²) in [6.07, 6.45) is 6.42. The number of aromatic nitrogens is 2. The number of anilines is 1. The minimum atomic E-state index is -0.694. The van der Waals surface area contributed by atoms with Crippen LogP contribution in [-0.2, 0) is 0 Å². The van der Waals surface area contributed by atoms with Crippen molar-refractivity contribution in [2.24, 2.45) is 5.92 Å². The second kappa shape index (κ2) is 8.70. The van der Waals surface area contributed by atoms with Crippen molar-refractivity contribution in [1.82, 2.24) is 20.2 Å². The van der Waals surface area contributed by atoms with Crippen molar-refractivity contribution in [3.63, 3.8) is 0 Å². The van der Waals surface area contributed by atoms with E-state index in [1.165, 1.54) is 23.2 Å². The molecule has 0 radical (unpaired) electrons. The van der Waals surface area contributed by atoms with Gasteiger partial charge in [-0.25, -0.2) is 14.4 Å². The van der Waals surface area contributed by atoms with Gasteiger partial charge in [0.15, 0.2) is 0 Å². The van der Waals surface area contributed by atoms with Crippen molar-refractivity contribution in [1.29, 1.82) is 10.7 Å². The first-order chi connectivity index (χ1) is 15.0. The topological polar surface area (TPSA) is 118 Å². The van der Waals surface area contributed by atoms with Gasteiger partial charge in [0.25, 0.3) is 5.91 Å². The molecule has 1 aliphatic carbocycles. The van der Waals surface area contributed by atoms with Gasteiger partial charge in [0.1, 0.15) is 5.82 Å². The monoisotopic (exact) mass is 439 g/mol. The molecule has 2 aromatic rings. The van der Waals surface area contributed by atoms with Gasteiger partial charge in [-0.15, -0.1) is 0 Å². The highest BCUT2D eigenvalue weighted by Gasteiger charge is 2.32. The van der Waals surface area contributed by atoms with Gasteiger partial charge in [0.05, 0.1) is 40.2 Å². The third-order valence-corrected chi connectivity index (χ3v) is 5.31. The van der Waals surface area contributed by atoms with Crippen LogP contribution in [0, 0.1) is 28.5 Å². The van der Waals surface area contributed by atoms with Crippen LogP contribution in [0.25, 0.3) is 11.3 Å². The van der Waals surface area contributed by atoms with E-state index in [0.29, 0.717) is 36.1 Å². The minimum absolute atomic E-state index is 0.0659. The van der Waals surface area contributed by atoms with Gasteiger partial charge in [-0.3, -0.25) is 4.79 Å². The predicted octanol–water partition coefficient (Wildman–Crippen LogP) is 3.19. The van der Waals surface area contributed by atoms with E-state index in [4.69, 9.17) is 22.3 Å². The largest absolute Gasteiger partial charge is 0.386 e. The fraction of sp³-hybridized carbons (Fsp3) is 0.286. The molecule has 1 aromatic carbocycles. The molecule has 1 saturated carbocycles. The van der Waals surface area contributed by atoms with Crippen LogP contribution in [-0.4, -0.2) is 46.1 Å². The second-order valence-corrected chi connectivity index (χ2v) is 7.84. The standard InChI is InChI=1S/C21H19ClFN7O/c22-17-9-27-21(28-15(7-25)8-26-14-2-3-14)29-19(17)13-1-4-16(18(23)5-13)20(31)30-10-12(6-24)11-30/h1,4-5,7-9,12,14,25-26H,2-3,10-11H2,(H,27,28,29)/b15-8+,25-7?. The lowest BCUT2D eigenvalue weighted by Crippen LogP contribution is -2.49. The molecule has 1 amide bonds. The molecule has 0 bridgehead atoms. The van der Waals surface area contributed by atoms with Gasteiger partial charge in [0.2, 0.25) is 5.95 Å². The summed E-state index contributed by atoms with van der Waals surface area (Å²) in [5.74, 6) is -1.14. The molecule has 0 spiro atoms. The lowest BCUT2D eigenvalue weighted by molar-refractivity contribution is 0.0572. The Morgan fingerprint density at radius 2 is 2.16 bits per heavy atom. The van der Waals surface area contributed by atoms with Crippen molar-refractivity contribution in [2.45, 2.75) is 18.9 Å². The zero-order chi connectivity index (χ0) is 22.0. The summed E-state index contributed by atoms with van der Waals surface area (Å²) in [5, 5.41) is 22.7. The zero-order valence-electron chi connectivity index (χ0n) is 16.4. The maximum Gasteiger partial charge on any atom is 0.256 e. The van der Waals surface area contributed by atoms with E-state index in [2.05, 4.69) is 26.7 Å². The number of likely N-dealkylation sites (tertiary alicyclic amines) is 1. The van der Waals surface area contributed by atoms with Gasteiger partial charge in [-0.05, 0) is 25.0 Å². The molecule has 0 atom stereocenters. The second-order valence-electron chi connectivity index (χ2n) is 7.43. The number of nitrogens with one attached hydrogen (secondary N) is 3. The molecule has 4 rings (SSSR count). The maximum atomic E-state index is 14.7. The molecular formula is C21H19ClFN7O. The molecule has 1 saturated heterocycles. The maximum absolute atomic E-state index is 14.7. The summed E-state index contributed by atoms with van der Waals surface area (Å²) >= 11 is 6.23. The number of nitriles is 1. The number of rotatable bonds is 7. The quantitative estimate of drug-likeness (QED) is 0.570. The van der Waals surface area contributed by atoms with Crippen LogP contribution in [0.4, 0.5) is 10.3 Å². The Hall–Kier alpha value is -3.51. The van der Waals surface area contributed by atoms with Gasteiger partial charge >= 0.3 is 0 Å². The number of nitrogens with zero attached hydrogens (tertiary/aromatic N) is 4. The average Bonchev–Trinajstić information content (AvgIpc) is 3.56. The molecule has 31 heavy (non-hydrogen) atoms. The first kappa shape index (κ1) is 20.8. The lowest BCUT2D eigenvalue weighted by atomic mass is 10.00.